The molecule has 0 aliphatic heterocycles. The summed E-state index contributed by atoms with van der Waals surface area (Å²) >= 11 is 0. The third kappa shape index (κ3) is 4.53. The minimum absolute atomic E-state index is 0.307. The van der Waals surface area contributed by atoms with Gasteiger partial charge in [0.25, 0.3) is 0 Å². The topological polar surface area (TPSA) is 88.2 Å². The number of para-hydroxylation sites is 2. The number of halogens is 1. The molecule has 3 N–H and O–H groups in total. The number of fused-ring (bicyclic) bond motifs is 1. The van der Waals surface area contributed by atoms with Gasteiger partial charge in [-0.25, -0.2) is 18.6 Å². The van der Waals surface area contributed by atoms with E-state index >= 15 is 0 Å². The Bertz CT molecular complexity index is 1200. The molecular formula is C21H18FN5O2S. The first-order valence-electron chi connectivity index (χ1n) is 8.99. The van der Waals surface area contributed by atoms with Crippen molar-refractivity contribution in [1.29, 1.82) is 0 Å². The van der Waals surface area contributed by atoms with Crippen molar-refractivity contribution in [2.24, 2.45) is 0 Å². The summed E-state index contributed by atoms with van der Waals surface area (Å²) in [7, 11) is -0.111. The summed E-state index contributed by atoms with van der Waals surface area (Å²) in [5.41, 5.74) is 5.32. The van der Waals surface area contributed by atoms with Crippen molar-refractivity contribution in [2.75, 3.05) is 22.6 Å². The van der Waals surface area contributed by atoms with Crippen LogP contribution in [0.2, 0.25) is 0 Å². The van der Waals surface area contributed by atoms with Gasteiger partial charge < -0.3 is 5.32 Å². The molecule has 0 bridgehead atoms. The Balaban J connectivity index is 1.68. The largest absolute Gasteiger partial charge is 0.337 e. The van der Waals surface area contributed by atoms with Gasteiger partial charge in [-0.3, -0.25) is 15.0 Å². The van der Waals surface area contributed by atoms with E-state index in [-0.39, 0.29) is 5.82 Å². The average molecular weight is 423 g/mol. The second-order valence-corrected chi connectivity index (χ2v) is 7.46. The Morgan fingerprint density at radius 1 is 0.867 bits per heavy atom. The van der Waals surface area contributed by atoms with Crippen molar-refractivity contribution in [1.82, 2.24) is 9.97 Å². The summed E-state index contributed by atoms with van der Waals surface area (Å²) in [5, 5.41) is 3.11. The summed E-state index contributed by atoms with van der Waals surface area (Å²) in [6.07, 6.45) is 0. The van der Waals surface area contributed by atoms with Crippen LogP contribution < -0.4 is 15.5 Å². The lowest BCUT2D eigenvalue weighted by Crippen LogP contribution is -2.10. The number of rotatable bonds is 7. The Morgan fingerprint density at radius 2 is 1.57 bits per heavy atom. The molecule has 0 saturated heterocycles. The summed E-state index contributed by atoms with van der Waals surface area (Å²) in [6.45, 7) is 0. The van der Waals surface area contributed by atoms with Gasteiger partial charge in [-0.1, -0.05) is 18.2 Å². The van der Waals surface area contributed by atoms with Gasteiger partial charge in [0.05, 0.1) is 28.7 Å². The zero-order valence-corrected chi connectivity index (χ0v) is 16.7. The van der Waals surface area contributed by atoms with Gasteiger partial charge in [0.2, 0.25) is 0 Å². The van der Waals surface area contributed by atoms with E-state index in [0.29, 0.717) is 38.9 Å². The molecule has 0 amide bonds. The van der Waals surface area contributed by atoms with Crippen molar-refractivity contribution in [3.05, 3.63) is 78.6 Å². The van der Waals surface area contributed by atoms with E-state index in [4.69, 9.17) is 4.84 Å². The van der Waals surface area contributed by atoms with Gasteiger partial charge in [-0.05, 0) is 54.6 Å². The molecule has 1 atom stereocenters. The van der Waals surface area contributed by atoms with Crippen LogP contribution in [0.1, 0.15) is 0 Å². The van der Waals surface area contributed by atoms with Gasteiger partial charge in [-0.15, -0.1) is 0 Å². The minimum Gasteiger partial charge on any atom is -0.337 e. The lowest BCUT2D eigenvalue weighted by molar-refractivity contribution is 0.271. The predicted molar refractivity (Wildman–Crippen MR) is 116 cm³/mol. The van der Waals surface area contributed by atoms with Crippen molar-refractivity contribution in [3.8, 4) is 0 Å². The molecule has 152 valence electrons. The summed E-state index contributed by atoms with van der Waals surface area (Å²) < 4.78 is 29.1. The molecule has 7 nitrogen and oxygen atoms in total. The second-order valence-electron chi connectivity index (χ2n) is 6.25. The summed E-state index contributed by atoms with van der Waals surface area (Å²) in [6, 6.07) is 20.2. The van der Waals surface area contributed by atoms with E-state index in [9.17, 15) is 8.60 Å². The van der Waals surface area contributed by atoms with Gasteiger partial charge in [0.1, 0.15) is 5.82 Å². The molecule has 1 unspecified atom stereocenters. The van der Waals surface area contributed by atoms with E-state index < -0.39 is 11.0 Å². The van der Waals surface area contributed by atoms with Gasteiger partial charge in [0.15, 0.2) is 22.6 Å². The molecule has 1 heterocycles. The highest BCUT2D eigenvalue weighted by atomic mass is 32.2. The standard InChI is InChI=1S/C21H18FN5O2S/c1-29-26-16-5-4-6-17(13-16)30(28)27-21-20(23-15-11-9-14(22)10-12-15)24-18-7-2-3-8-19(18)25-21/h2-13,26H,1H3,(H,23,24)(H,25,27). The van der Waals surface area contributed by atoms with E-state index in [0.717, 1.165) is 0 Å². The highest BCUT2D eigenvalue weighted by molar-refractivity contribution is 7.86. The molecule has 0 saturated carbocycles. The Labute approximate surface area is 174 Å². The van der Waals surface area contributed by atoms with Gasteiger partial charge in [-0.2, -0.15) is 0 Å². The van der Waals surface area contributed by atoms with Crippen LogP contribution in [0.25, 0.3) is 11.0 Å². The molecular weight excluding hydrogens is 405 g/mol. The summed E-state index contributed by atoms with van der Waals surface area (Å²) in [4.78, 5) is 14.6. The average Bonchev–Trinajstić information content (AvgIpc) is 2.76. The van der Waals surface area contributed by atoms with Gasteiger partial charge >= 0.3 is 0 Å². The van der Waals surface area contributed by atoms with Gasteiger partial charge in [0, 0.05) is 5.69 Å². The number of anilines is 4. The highest BCUT2D eigenvalue weighted by Crippen LogP contribution is 2.26. The molecule has 0 aliphatic carbocycles. The molecule has 0 radical (unpaired) electrons. The zero-order chi connectivity index (χ0) is 20.9. The van der Waals surface area contributed by atoms with Crippen molar-refractivity contribution >= 4 is 45.0 Å². The molecule has 0 aliphatic rings. The maximum absolute atomic E-state index is 13.2. The predicted octanol–water partition coefficient (Wildman–Crippen LogP) is 4.62. The van der Waals surface area contributed by atoms with Crippen LogP contribution in [0.15, 0.2) is 77.7 Å². The first-order valence-corrected chi connectivity index (χ1v) is 10.1. The van der Waals surface area contributed by atoms with Crippen LogP contribution in [-0.4, -0.2) is 21.3 Å². The molecule has 1 aromatic heterocycles. The fraction of sp³-hybridized carbons (Fsp3) is 0.0476. The van der Waals surface area contributed by atoms with Crippen LogP contribution >= 0.6 is 0 Å². The first-order chi connectivity index (χ1) is 14.6. The lowest BCUT2D eigenvalue weighted by Gasteiger charge is -2.13. The van der Waals surface area contributed by atoms with Crippen molar-refractivity contribution < 1.29 is 13.4 Å². The SMILES string of the molecule is CONc1cccc(S(=O)Nc2nc3ccccc3nc2Nc2ccc(F)cc2)c1. The molecule has 0 fully saturated rings. The molecule has 3 aromatic carbocycles. The maximum atomic E-state index is 13.2. The van der Waals surface area contributed by atoms with E-state index in [1.807, 2.05) is 24.3 Å². The van der Waals surface area contributed by atoms with Crippen molar-refractivity contribution in [3.63, 3.8) is 0 Å². The summed E-state index contributed by atoms with van der Waals surface area (Å²) in [5.74, 6) is 0.343. The Kier molecular flexibility index (Phi) is 5.82. The first kappa shape index (κ1) is 19.7. The van der Waals surface area contributed by atoms with Crippen LogP contribution in [-0.2, 0) is 15.8 Å². The third-order valence-corrected chi connectivity index (χ3v) is 5.20. The lowest BCUT2D eigenvalue weighted by atomic mass is 10.3. The molecule has 0 spiro atoms. The number of hydrogen-bond acceptors (Lipinski definition) is 6. The van der Waals surface area contributed by atoms with E-state index in [1.165, 1.54) is 19.2 Å². The molecule has 4 aromatic rings. The number of aromatic nitrogens is 2. The normalized spacial score (nSPS) is 11.8. The quantitative estimate of drug-likeness (QED) is 0.376. The van der Waals surface area contributed by atoms with E-state index in [2.05, 4.69) is 25.5 Å². The highest BCUT2D eigenvalue weighted by Gasteiger charge is 2.13. The molecule has 30 heavy (non-hydrogen) atoms. The minimum atomic E-state index is -1.61. The van der Waals surface area contributed by atoms with E-state index in [1.54, 1.807) is 36.4 Å². The smallest absolute Gasteiger partial charge is 0.182 e. The van der Waals surface area contributed by atoms with Crippen molar-refractivity contribution in [2.45, 2.75) is 4.90 Å². The number of nitrogens with zero attached hydrogens (tertiary/aromatic N) is 2. The Hall–Kier alpha value is -3.56. The van der Waals surface area contributed by atoms with Crippen LogP contribution in [0.5, 0.6) is 0 Å². The second kappa shape index (κ2) is 8.85. The number of hydrogen-bond donors (Lipinski definition) is 3. The number of benzene rings is 3. The van der Waals surface area contributed by atoms with Crippen LogP contribution in [0.4, 0.5) is 27.4 Å². The number of nitrogens with one attached hydrogen (secondary N) is 3. The fourth-order valence-electron chi connectivity index (χ4n) is 2.77. The van der Waals surface area contributed by atoms with Crippen LogP contribution in [0.3, 0.4) is 0 Å². The monoisotopic (exact) mass is 423 g/mol. The fourth-order valence-corrected chi connectivity index (χ4v) is 3.64. The molecule has 4 rings (SSSR count). The zero-order valence-electron chi connectivity index (χ0n) is 15.9. The maximum Gasteiger partial charge on any atom is 0.182 e. The third-order valence-electron chi connectivity index (χ3n) is 4.13. The Morgan fingerprint density at radius 3 is 2.27 bits per heavy atom. The molecule has 9 heteroatoms. The van der Waals surface area contributed by atoms with Crippen LogP contribution in [0, 0.1) is 5.82 Å².